The molecule has 2 heterocycles. The van der Waals surface area contributed by atoms with Crippen molar-refractivity contribution in [2.24, 2.45) is 0 Å². The lowest BCUT2D eigenvalue weighted by molar-refractivity contribution is -0.0933. The summed E-state index contributed by atoms with van der Waals surface area (Å²) in [7, 11) is 1.59. The van der Waals surface area contributed by atoms with E-state index in [1.165, 1.54) is 35.4 Å². The van der Waals surface area contributed by atoms with Crippen LogP contribution in [-0.4, -0.2) is 60.3 Å². The number of amides is 1. The summed E-state index contributed by atoms with van der Waals surface area (Å²) in [6.07, 6.45) is 1.00. The molecule has 1 aromatic heterocycles. The molecule has 8 nitrogen and oxygen atoms in total. The number of benzene rings is 1. The molecule has 0 aliphatic carbocycles. The van der Waals surface area contributed by atoms with Gasteiger partial charge in [0, 0.05) is 19.8 Å². The first-order valence-corrected chi connectivity index (χ1v) is 8.44. The zero-order valence-electron chi connectivity index (χ0n) is 14.8. The standard InChI is InChI=1S/C18H20FN3O5/c1-22(9-14-10-25-6-7-26-14)18(24)15-8-20-16(21-17(15)23)11-27-13-4-2-12(19)3-5-13/h2-5,8,14H,6-7,9-11H2,1H3,(H,20,21,23). The maximum absolute atomic E-state index is 12.9. The van der Waals surface area contributed by atoms with Crippen LogP contribution in [0.25, 0.3) is 0 Å². The number of H-pyrrole nitrogens is 1. The number of halogens is 1. The Labute approximate surface area is 154 Å². The number of carbonyl (C=O) groups excluding carboxylic acids is 1. The highest BCUT2D eigenvalue weighted by molar-refractivity contribution is 5.93. The van der Waals surface area contributed by atoms with E-state index in [1.807, 2.05) is 0 Å². The molecular formula is C18H20FN3O5. The third-order valence-corrected chi connectivity index (χ3v) is 3.98. The van der Waals surface area contributed by atoms with Crippen LogP contribution in [0, 0.1) is 5.82 Å². The Balaban J connectivity index is 1.60. The summed E-state index contributed by atoms with van der Waals surface area (Å²) in [5.74, 6) is -0.129. The van der Waals surface area contributed by atoms with Gasteiger partial charge >= 0.3 is 0 Å². The second-order valence-corrected chi connectivity index (χ2v) is 6.07. The van der Waals surface area contributed by atoms with E-state index in [0.717, 1.165) is 0 Å². The molecule has 0 bridgehead atoms. The molecule has 1 aromatic carbocycles. The van der Waals surface area contributed by atoms with E-state index in [9.17, 15) is 14.0 Å². The number of likely N-dealkylation sites (N-methyl/N-ethyl adjacent to an activating group) is 1. The molecule has 2 aromatic rings. The molecule has 1 saturated heterocycles. The van der Waals surface area contributed by atoms with Crippen LogP contribution in [0.3, 0.4) is 0 Å². The molecule has 9 heteroatoms. The minimum atomic E-state index is -0.555. The first-order valence-electron chi connectivity index (χ1n) is 8.44. The van der Waals surface area contributed by atoms with Crippen LogP contribution in [0.5, 0.6) is 5.75 Å². The monoisotopic (exact) mass is 377 g/mol. The van der Waals surface area contributed by atoms with Gasteiger partial charge in [-0.15, -0.1) is 0 Å². The van der Waals surface area contributed by atoms with Crippen LogP contribution < -0.4 is 10.3 Å². The fraction of sp³-hybridized carbons (Fsp3) is 0.389. The Kier molecular flexibility index (Phi) is 6.15. The number of aromatic nitrogens is 2. The Morgan fingerprint density at radius 1 is 1.37 bits per heavy atom. The molecular weight excluding hydrogens is 357 g/mol. The van der Waals surface area contributed by atoms with E-state index in [4.69, 9.17) is 14.2 Å². The van der Waals surface area contributed by atoms with Gasteiger partial charge in [-0.2, -0.15) is 0 Å². The van der Waals surface area contributed by atoms with Gasteiger partial charge in [0.25, 0.3) is 11.5 Å². The van der Waals surface area contributed by atoms with Gasteiger partial charge in [0.2, 0.25) is 0 Å². The first-order chi connectivity index (χ1) is 13.0. The van der Waals surface area contributed by atoms with Crippen molar-refractivity contribution in [2.75, 3.05) is 33.4 Å². The molecule has 1 atom stereocenters. The van der Waals surface area contributed by atoms with Crippen molar-refractivity contribution in [3.8, 4) is 5.75 Å². The summed E-state index contributed by atoms with van der Waals surface area (Å²) in [5, 5.41) is 0. The van der Waals surface area contributed by atoms with Gasteiger partial charge in [-0.1, -0.05) is 0 Å². The summed E-state index contributed by atoms with van der Waals surface area (Å²) in [6, 6.07) is 5.48. The maximum atomic E-state index is 12.9. The Hall–Kier alpha value is -2.78. The Morgan fingerprint density at radius 2 is 2.15 bits per heavy atom. The second-order valence-electron chi connectivity index (χ2n) is 6.07. The van der Waals surface area contributed by atoms with Crippen LogP contribution in [0.2, 0.25) is 0 Å². The second kappa shape index (κ2) is 8.74. The van der Waals surface area contributed by atoms with Crippen molar-refractivity contribution in [1.82, 2.24) is 14.9 Å². The lowest BCUT2D eigenvalue weighted by atomic mass is 10.2. The molecule has 1 N–H and O–H groups in total. The molecule has 1 fully saturated rings. The summed E-state index contributed by atoms with van der Waals surface area (Å²) >= 11 is 0. The number of nitrogens with zero attached hydrogens (tertiary/aromatic N) is 2. The highest BCUT2D eigenvalue weighted by atomic mass is 19.1. The Bertz CT molecular complexity index is 834. The van der Waals surface area contributed by atoms with E-state index in [0.29, 0.717) is 32.1 Å². The quantitative estimate of drug-likeness (QED) is 0.807. The molecule has 1 unspecified atom stereocenters. The average Bonchev–Trinajstić information content (AvgIpc) is 2.68. The number of rotatable bonds is 6. The van der Waals surface area contributed by atoms with Gasteiger partial charge < -0.3 is 24.1 Å². The molecule has 1 aliphatic heterocycles. The number of ether oxygens (including phenoxy) is 3. The molecule has 3 rings (SSSR count). The normalized spacial score (nSPS) is 16.7. The first kappa shape index (κ1) is 19.0. The van der Waals surface area contributed by atoms with Gasteiger partial charge in [0.1, 0.15) is 29.6 Å². The largest absolute Gasteiger partial charge is 0.486 e. The van der Waals surface area contributed by atoms with Crippen molar-refractivity contribution in [3.63, 3.8) is 0 Å². The molecule has 27 heavy (non-hydrogen) atoms. The van der Waals surface area contributed by atoms with Gasteiger partial charge in [-0.05, 0) is 24.3 Å². The van der Waals surface area contributed by atoms with Crippen molar-refractivity contribution in [2.45, 2.75) is 12.7 Å². The van der Waals surface area contributed by atoms with E-state index in [2.05, 4.69) is 9.97 Å². The number of hydrogen-bond donors (Lipinski definition) is 1. The van der Waals surface area contributed by atoms with Gasteiger partial charge in [0.15, 0.2) is 0 Å². The van der Waals surface area contributed by atoms with Gasteiger partial charge in [-0.25, -0.2) is 9.37 Å². The van der Waals surface area contributed by atoms with Crippen LogP contribution in [0.4, 0.5) is 4.39 Å². The summed E-state index contributed by atoms with van der Waals surface area (Å²) in [4.78, 5) is 32.7. The third-order valence-electron chi connectivity index (χ3n) is 3.98. The zero-order chi connectivity index (χ0) is 19.2. The fourth-order valence-corrected chi connectivity index (χ4v) is 2.58. The number of aromatic amines is 1. The molecule has 1 amide bonds. The Morgan fingerprint density at radius 3 is 2.81 bits per heavy atom. The SMILES string of the molecule is CN(CC1COCCO1)C(=O)c1cnc(COc2ccc(F)cc2)[nH]c1=O. The van der Waals surface area contributed by atoms with Crippen molar-refractivity contribution in [1.29, 1.82) is 0 Å². The summed E-state index contributed by atoms with van der Waals surface area (Å²) < 4.78 is 29.1. The zero-order valence-corrected chi connectivity index (χ0v) is 14.8. The van der Waals surface area contributed by atoms with Crippen LogP contribution in [-0.2, 0) is 16.1 Å². The predicted octanol–water partition coefficient (Wildman–Crippen LogP) is 0.975. The smallest absolute Gasteiger partial charge is 0.263 e. The minimum absolute atomic E-state index is 0.0154. The third kappa shape index (κ3) is 5.11. The molecule has 0 saturated carbocycles. The van der Waals surface area contributed by atoms with Crippen molar-refractivity contribution in [3.05, 3.63) is 58.0 Å². The molecule has 0 radical (unpaired) electrons. The predicted molar refractivity (Wildman–Crippen MR) is 93.1 cm³/mol. The summed E-state index contributed by atoms with van der Waals surface area (Å²) in [6.45, 7) is 1.73. The van der Waals surface area contributed by atoms with Crippen LogP contribution in [0.15, 0.2) is 35.3 Å². The lowest BCUT2D eigenvalue weighted by Crippen LogP contribution is -2.42. The lowest BCUT2D eigenvalue weighted by Gasteiger charge is -2.27. The highest BCUT2D eigenvalue weighted by Crippen LogP contribution is 2.12. The molecule has 144 valence electrons. The highest BCUT2D eigenvalue weighted by Gasteiger charge is 2.22. The fourth-order valence-electron chi connectivity index (χ4n) is 2.58. The number of nitrogens with one attached hydrogen (secondary N) is 1. The van der Waals surface area contributed by atoms with Crippen molar-refractivity contribution < 1.29 is 23.4 Å². The van der Waals surface area contributed by atoms with Crippen LogP contribution >= 0.6 is 0 Å². The van der Waals surface area contributed by atoms with Gasteiger partial charge in [-0.3, -0.25) is 9.59 Å². The summed E-state index contributed by atoms with van der Waals surface area (Å²) in [5.41, 5.74) is -0.625. The maximum Gasteiger partial charge on any atom is 0.263 e. The van der Waals surface area contributed by atoms with E-state index in [-0.39, 0.29) is 29.9 Å². The topological polar surface area (TPSA) is 93.8 Å². The van der Waals surface area contributed by atoms with E-state index >= 15 is 0 Å². The van der Waals surface area contributed by atoms with E-state index in [1.54, 1.807) is 7.05 Å². The van der Waals surface area contributed by atoms with Gasteiger partial charge in [0.05, 0.1) is 25.9 Å². The van der Waals surface area contributed by atoms with Crippen molar-refractivity contribution >= 4 is 5.91 Å². The van der Waals surface area contributed by atoms with Crippen LogP contribution in [0.1, 0.15) is 16.2 Å². The average molecular weight is 377 g/mol. The molecule has 0 spiro atoms. The van der Waals surface area contributed by atoms with E-state index < -0.39 is 11.5 Å². The minimum Gasteiger partial charge on any atom is -0.486 e. The molecule has 1 aliphatic rings. The number of carbonyl (C=O) groups is 1. The number of hydrogen-bond acceptors (Lipinski definition) is 6.